The first kappa shape index (κ1) is 16.0. The van der Waals surface area contributed by atoms with Crippen LogP contribution < -0.4 is 10.5 Å². The number of rotatable bonds is 3. The Bertz CT molecular complexity index is 632. The Labute approximate surface area is 126 Å². The first-order valence-electron chi connectivity index (χ1n) is 7.21. The van der Waals surface area contributed by atoms with E-state index >= 15 is 0 Å². The van der Waals surface area contributed by atoms with E-state index in [0.29, 0.717) is 17.2 Å². The van der Waals surface area contributed by atoms with Gasteiger partial charge in [-0.05, 0) is 56.2 Å². The monoisotopic (exact) mass is 310 g/mol. The van der Waals surface area contributed by atoms with Crippen molar-refractivity contribution in [3.63, 3.8) is 0 Å². The van der Waals surface area contributed by atoms with Crippen LogP contribution in [0.4, 0.5) is 5.69 Å². The zero-order chi connectivity index (χ0) is 15.6. The molecular weight excluding hydrogens is 288 g/mol. The van der Waals surface area contributed by atoms with E-state index in [2.05, 4.69) is 12.2 Å². The lowest BCUT2D eigenvalue weighted by atomic mass is 9.82. The van der Waals surface area contributed by atoms with Gasteiger partial charge in [-0.25, -0.2) is 13.6 Å². The largest absolute Gasteiger partial charge is 0.326 e. The molecule has 0 unspecified atom stereocenters. The van der Waals surface area contributed by atoms with Gasteiger partial charge in [0.25, 0.3) is 0 Å². The Hall–Kier alpha value is -1.40. The van der Waals surface area contributed by atoms with E-state index in [1.807, 2.05) is 0 Å². The average molecular weight is 310 g/mol. The fraction of sp³-hybridized carbons (Fsp3) is 0.533. The van der Waals surface area contributed by atoms with Crippen molar-refractivity contribution in [2.24, 2.45) is 17.0 Å². The minimum atomic E-state index is -3.78. The normalized spacial score (nSPS) is 22.8. The Kier molecular flexibility index (Phi) is 4.68. The van der Waals surface area contributed by atoms with Crippen LogP contribution >= 0.6 is 0 Å². The highest BCUT2D eigenvalue weighted by Gasteiger charge is 2.24. The summed E-state index contributed by atoms with van der Waals surface area (Å²) in [5, 5.41) is 7.98. The van der Waals surface area contributed by atoms with Crippen LogP contribution in [-0.2, 0) is 14.8 Å². The number of nitrogens with one attached hydrogen (secondary N) is 1. The smallest absolute Gasteiger partial charge is 0.238 e. The molecule has 1 aliphatic rings. The quantitative estimate of drug-likeness (QED) is 0.898. The number of amides is 1. The highest BCUT2D eigenvalue weighted by molar-refractivity contribution is 7.89. The molecule has 1 fully saturated rings. The maximum atomic E-state index is 12.2. The number of sulfonamides is 1. The molecule has 21 heavy (non-hydrogen) atoms. The standard InChI is InChI=1S/C15H22N2O3S/c1-10-3-6-12(7-4-10)15(18)17-13-8-5-11(2)14(9-13)21(16,19)20/h5,8-10,12H,3-4,6-7H2,1-2H3,(H,17,18)(H2,16,19,20). The third-order valence-corrected chi connectivity index (χ3v) is 5.20. The molecule has 1 saturated carbocycles. The number of benzene rings is 1. The van der Waals surface area contributed by atoms with Crippen LogP contribution in [0.5, 0.6) is 0 Å². The number of nitrogens with two attached hydrogens (primary N) is 1. The fourth-order valence-corrected chi connectivity index (χ4v) is 3.56. The predicted molar refractivity (Wildman–Crippen MR) is 82.3 cm³/mol. The molecule has 116 valence electrons. The van der Waals surface area contributed by atoms with Crippen molar-refractivity contribution < 1.29 is 13.2 Å². The van der Waals surface area contributed by atoms with Gasteiger partial charge in [-0.3, -0.25) is 4.79 Å². The van der Waals surface area contributed by atoms with E-state index in [1.54, 1.807) is 19.1 Å². The number of carbonyl (C=O) groups excluding carboxylic acids is 1. The topological polar surface area (TPSA) is 89.3 Å². The Morgan fingerprint density at radius 1 is 1.24 bits per heavy atom. The van der Waals surface area contributed by atoms with Gasteiger partial charge < -0.3 is 5.32 Å². The molecule has 0 atom stereocenters. The number of primary sulfonamides is 1. The van der Waals surface area contributed by atoms with Crippen LogP contribution in [-0.4, -0.2) is 14.3 Å². The highest BCUT2D eigenvalue weighted by Crippen LogP contribution is 2.29. The molecule has 0 heterocycles. The van der Waals surface area contributed by atoms with Gasteiger partial charge in [-0.2, -0.15) is 0 Å². The van der Waals surface area contributed by atoms with Gasteiger partial charge in [0.05, 0.1) is 4.90 Å². The van der Waals surface area contributed by atoms with Crippen LogP contribution in [0, 0.1) is 18.8 Å². The zero-order valence-electron chi connectivity index (χ0n) is 12.4. The van der Waals surface area contributed by atoms with Crippen LogP contribution in [0.1, 0.15) is 38.2 Å². The molecule has 1 aromatic carbocycles. The molecule has 0 aromatic heterocycles. The third-order valence-electron chi connectivity index (χ3n) is 4.15. The van der Waals surface area contributed by atoms with Gasteiger partial charge in [-0.1, -0.05) is 13.0 Å². The third kappa shape index (κ3) is 4.04. The molecule has 6 heteroatoms. The molecule has 0 radical (unpaired) electrons. The molecule has 2 rings (SSSR count). The maximum absolute atomic E-state index is 12.2. The Morgan fingerprint density at radius 3 is 2.43 bits per heavy atom. The number of carbonyl (C=O) groups is 1. The second-order valence-corrected chi connectivity index (χ2v) is 7.50. The molecule has 3 N–H and O–H groups in total. The Morgan fingerprint density at radius 2 is 1.86 bits per heavy atom. The minimum absolute atomic E-state index is 0.0143. The van der Waals surface area contributed by atoms with Crippen molar-refractivity contribution in [1.82, 2.24) is 0 Å². The second-order valence-electron chi connectivity index (χ2n) is 5.97. The summed E-state index contributed by atoms with van der Waals surface area (Å²) in [6, 6.07) is 4.78. The molecule has 0 aliphatic heterocycles. The average Bonchev–Trinajstić information content (AvgIpc) is 2.40. The van der Waals surface area contributed by atoms with Crippen molar-refractivity contribution in [2.45, 2.75) is 44.4 Å². The van der Waals surface area contributed by atoms with E-state index in [9.17, 15) is 13.2 Å². The second kappa shape index (κ2) is 6.15. The molecule has 1 amide bonds. The van der Waals surface area contributed by atoms with Crippen molar-refractivity contribution in [3.8, 4) is 0 Å². The lowest BCUT2D eigenvalue weighted by Gasteiger charge is -2.25. The van der Waals surface area contributed by atoms with Gasteiger partial charge in [0, 0.05) is 11.6 Å². The number of hydrogen-bond acceptors (Lipinski definition) is 3. The van der Waals surface area contributed by atoms with E-state index in [0.717, 1.165) is 25.7 Å². The summed E-state index contributed by atoms with van der Waals surface area (Å²) >= 11 is 0. The lowest BCUT2D eigenvalue weighted by molar-refractivity contribution is -0.121. The minimum Gasteiger partial charge on any atom is -0.326 e. The van der Waals surface area contributed by atoms with Crippen LogP contribution in [0.2, 0.25) is 0 Å². The van der Waals surface area contributed by atoms with E-state index in [4.69, 9.17) is 5.14 Å². The first-order chi connectivity index (χ1) is 9.77. The number of anilines is 1. The van der Waals surface area contributed by atoms with Gasteiger partial charge in [0.15, 0.2) is 0 Å². The molecule has 5 nitrogen and oxygen atoms in total. The molecular formula is C15H22N2O3S. The SMILES string of the molecule is Cc1ccc(NC(=O)C2CCC(C)CC2)cc1S(N)(=O)=O. The lowest BCUT2D eigenvalue weighted by Crippen LogP contribution is -2.26. The van der Waals surface area contributed by atoms with Crippen molar-refractivity contribution in [2.75, 3.05) is 5.32 Å². The summed E-state index contributed by atoms with van der Waals surface area (Å²) in [6.45, 7) is 3.88. The maximum Gasteiger partial charge on any atom is 0.238 e. The van der Waals surface area contributed by atoms with E-state index in [-0.39, 0.29) is 16.7 Å². The zero-order valence-corrected chi connectivity index (χ0v) is 13.2. The summed E-state index contributed by atoms with van der Waals surface area (Å²) < 4.78 is 23.0. The molecule has 1 aromatic rings. The summed E-state index contributed by atoms with van der Waals surface area (Å²) in [4.78, 5) is 12.3. The number of hydrogen-bond donors (Lipinski definition) is 2. The fourth-order valence-electron chi connectivity index (χ4n) is 2.75. The van der Waals surface area contributed by atoms with Crippen LogP contribution in [0.25, 0.3) is 0 Å². The van der Waals surface area contributed by atoms with Gasteiger partial charge in [-0.15, -0.1) is 0 Å². The van der Waals surface area contributed by atoms with Crippen LogP contribution in [0.3, 0.4) is 0 Å². The van der Waals surface area contributed by atoms with Gasteiger partial charge in [0.2, 0.25) is 15.9 Å². The Balaban J connectivity index is 2.11. The van der Waals surface area contributed by atoms with Gasteiger partial charge in [0.1, 0.15) is 0 Å². The predicted octanol–water partition coefficient (Wildman–Crippen LogP) is 2.41. The van der Waals surface area contributed by atoms with Crippen molar-refractivity contribution in [1.29, 1.82) is 0 Å². The van der Waals surface area contributed by atoms with Crippen LogP contribution in [0.15, 0.2) is 23.1 Å². The molecule has 1 aliphatic carbocycles. The first-order valence-corrected chi connectivity index (χ1v) is 8.76. The molecule has 0 bridgehead atoms. The highest BCUT2D eigenvalue weighted by atomic mass is 32.2. The van der Waals surface area contributed by atoms with Crippen molar-refractivity contribution >= 4 is 21.6 Å². The molecule has 0 saturated heterocycles. The summed E-state index contributed by atoms with van der Waals surface area (Å²) in [7, 11) is -3.78. The van der Waals surface area contributed by atoms with E-state index < -0.39 is 10.0 Å². The van der Waals surface area contributed by atoms with Crippen molar-refractivity contribution in [3.05, 3.63) is 23.8 Å². The summed E-state index contributed by atoms with van der Waals surface area (Å²) in [5.74, 6) is 0.661. The number of aryl methyl sites for hydroxylation is 1. The van der Waals surface area contributed by atoms with E-state index in [1.165, 1.54) is 6.07 Å². The molecule has 0 spiro atoms. The summed E-state index contributed by atoms with van der Waals surface area (Å²) in [5.41, 5.74) is 1.05. The summed E-state index contributed by atoms with van der Waals surface area (Å²) in [6.07, 6.45) is 3.91. The van der Waals surface area contributed by atoms with Gasteiger partial charge >= 0.3 is 0 Å².